The molecule has 0 heterocycles. The molecule has 0 spiro atoms. The SMILES string of the molecule is C=CC(=O)ONS(=O)(=O)C(F)(F)C(F)(F)C(F)(F)C(F)(F)C(F)(F)C(F)(F)F. The zero-order valence-corrected chi connectivity index (χ0v) is 13.1. The maximum atomic E-state index is 13.3. The molecule has 0 atom stereocenters. The van der Waals surface area contributed by atoms with Gasteiger partial charge in [0.25, 0.3) is 0 Å². The molecule has 0 amide bonds. The molecule has 0 aliphatic carbocycles. The molecule has 0 bridgehead atoms. The van der Waals surface area contributed by atoms with Crippen LogP contribution in [0, 0.1) is 0 Å². The predicted molar refractivity (Wildman–Crippen MR) is 59.1 cm³/mol. The topological polar surface area (TPSA) is 72.5 Å². The Hall–Kier alpha value is -1.79. The summed E-state index contributed by atoms with van der Waals surface area (Å²) in [6.45, 7) is 2.54. The predicted octanol–water partition coefficient (Wildman–Crippen LogP) is 3.25. The summed E-state index contributed by atoms with van der Waals surface area (Å²) < 4.78 is 187. The first kappa shape index (κ1) is 26.2. The van der Waals surface area contributed by atoms with Gasteiger partial charge in [0.15, 0.2) is 0 Å². The van der Waals surface area contributed by atoms with Crippen molar-refractivity contribution in [2.24, 2.45) is 0 Å². The van der Waals surface area contributed by atoms with Gasteiger partial charge in [-0.3, -0.25) is 0 Å². The summed E-state index contributed by atoms with van der Waals surface area (Å²) in [6.07, 6.45) is -7.65. The summed E-state index contributed by atoms with van der Waals surface area (Å²) in [5.74, 6) is -34.7. The molecule has 1 N–H and O–H groups in total. The smallest absolute Gasteiger partial charge is 0.352 e. The standard InChI is InChI=1S/C9H4F13NO4S/c1-2-3(24)27-23-28(25,26)9(21,22)7(16,17)5(12,13)4(10,11)6(14,15)8(18,19)20/h2,23H,1H2. The molecule has 166 valence electrons. The maximum absolute atomic E-state index is 13.3. The average Bonchev–Trinajstić information content (AvgIpc) is 2.50. The van der Waals surface area contributed by atoms with Crippen LogP contribution in [0.2, 0.25) is 0 Å². The van der Waals surface area contributed by atoms with Gasteiger partial charge in [-0.1, -0.05) is 6.58 Å². The van der Waals surface area contributed by atoms with E-state index in [-0.39, 0.29) is 11.0 Å². The van der Waals surface area contributed by atoms with Crippen LogP contribution in [0.1, 0.15) is 0 Å². The van der Waals surface area contributed by atoms with Crippen LogP contribution in [0.5, 0.6) is 0 Å². The van der Waals surface area contributed by atoms with Crippen LogP contribution < -0.4 is 4.89 Å². The minimum absolute atomic E-state index is 0.00849. The first-order valence-electron chi connectivity index (χ1n) is 5.76. The highest BCUT2D eigenvalue weighted by Gasteiger charge is 2.92. The summed E-state index contributed by atoms with van der Waals surface area (Å²) in [7, 11) is -7.41. The Bertz CT molecular complexity index is 727. The molecule has 0 unspecified atom stereocenters. The van der Waals surface area contributed by atoms with Crippen LogP contribution in [-0.2, 0) is 19.7 Å². The normalized spacial score (nSPS) is 15.3. The number of nitrogens with one attached hydrogen (secondary N) is 1. The molecule has 0 aliphatic rings. The van der Waals surface area contributed by atoms with E-state index in [2.05, 4.69) is 11.4 Å². The lowest BCUT2D eigenvalue weighted by Gasteiger charge is -2.39. The number of sulfonamides is 1. The molecule has 0 fully saturated rings. The molecule has 0 rings (SSSR count). The number of rotatable bonds is 8. The van der Waals surface area contributed by atoms with Crippen molar-refractivity contribution in [1.82, 2.24) is 4.89 Å². The molecule has 0 aromatic heterocycles. The third-order valence-electron chi connectivity index (χ3n) is 2.66. The van der Waals surface area contributed by atoms with E-state index in [1.54, 1.807) is 0 Å². The van der Waals surface area contributed by atoms with Crippen molar-refractivity contribution in [1.29, 1.82) is 0 Å². The number of carbonyl (C=O) groups excluding carboxylic acids is 1. The van der Waals surface area contributed by atoms with Crippen LogP contribution in [-0.4, -0.2) is 49.5 Å². The Morgan fingerprint density at radius 3 is 1.43 bits per heavy atom. The third kappa shape index (κ3) is 3.60. The fourth-order valence-electron chi connectivity index (χ4n) is 1.11. The molecule has 0 aromatic carbocycles. The Labute approximate surface area is 145 Å². The van der Waals surface area contributed by atoms with E-state index < -0.39 is 51.1 Å². The zero-order chi connectivity index (χ0) is 23.2. The second-order valence-corrected chi connectivity index (χ2v) is 6.21. The number of hydrogen-bond donors (Lipinski definition) is 1. The highest BCUT2D eigenvalue weighted by Crippen LogP contribution is 2.60. The average molecular weight is 469 g/mol. The van der Waals surface area contributed by atoms with Crippen molar-refractivity contribution < 1.29 is 75.1 Å². The molecule has 28 heavy (non-hydrogen) atoms. The lowest BCUT2D eigenvalue weighted by Crippen LogP contribution is -2.71. The van der Waals surface area contributed by atoms with Crippen molar-refractivity contribution in [3.8, 4) is 0 Å². The van der Waals surface area contributed by atoms with Gasteiger partial charge >= 0.3 is 51.1 Å². The van der Waals surface area contributed by atoms with Crippen molar-refractivity contribution in [3.63, 3.8) is 0 Å². The summed E-state index contributed by atoms with van der Waals surface area (Å²) >= 11 is 0. The first-order chi connectivity index (χ1) is 12.0. The highest BCUT2D eigenvalue weighted by molar-refractivity contribution is 7.90. The van der Waals surface area contributed by atoms with Gasteiger partial charge in [-0.15, -0.1) is 0 Å². The summed E-state index contributed by atoms with van der Waals surface area (Å²) in [6, 6.07) is 0. The van der Waals surface area contributed by atoms with Crippen molar-refractivity contribution in [2.45, 2.75) is 35.1 Å². The zero-order valence-electron chi connectivity index (χ0n) is 12.2. The molecular formula is C9H4F13NO4S. The fraction of sp³-hybridized carbons (Fsp3) is 0.667. The molecule has 0 saturated heterocycles. The summed E-state index contributed by atoms with van der Waals surface area (Å²) in [4.78, 5) is 13.3. The first-order valence-corrected chi connectivity index (χ1v) is 7.24. The van der Waals surface area contributed by atoms with Gasteiger partial charge in [-0.05, 0) is 4.89 Å². The van der Waals surface area contributed by atoms with Crippen molar-refractivity contribution in [2.75, 3.05) is 0 Å². The second kappa shape index (κ2) is 6.92. The van der Waals surface area contributed by atoms with E-state index >= 15 is 0 Å². The second-order valence-electron chi connectivity index (χ2n) is 4.52. The molecule has 0 radical (unpaired) electrons. The Kier molecular flexibility index (Phi) is 6.48. The molecular weight excluding hydrogens is 465 g/mol. The number of hydrogen-bond acceptors (Lipinski definition) is 4. The molecule has 0 saturated carbocycles. The van der Waals surface area contributed by atoms with Crippen molar-refractivity contribution in [3.05, 3.63) is 12.7 Å². The van der Waals surface area contributed by atoms with E-state index in [4.69, 9.17) is 0 Å². The van der Waals surface area contributed by atoms with Crippen LogP contribution >= 0.6 is 0 Å². The van der Waals surface area contributed by atoms with Crippen LogP contribution in [0.15, 0.2) is 12.7 Å². The van der Waals surface area contributed by atoms with E-state index in [9.17, 15) is 70.3 Å². The molecule has 0 aliphatic heterocycles. The largest absolute Gasteiger partial charge is 0.460 e. The maximum Gasteiger partial charge on any atom is 0.460 e. The van der Waals surface area contributed by atoms with E-state index in [1.165, 1.54) is 0 Å². The van der Waals surface area contributed by atoms with Gasteiger partial charge in [0, 0.05) is 6.08 Å². The lowest BCUT2D eigenvalue weighted by molar-refractivity contribution is -0.433. The van der Waals surface area contributed by atoms with Gasteiger partial charge in [-0.2, -0.15) is 57.1 Å². The van der Waals surface area contributed by atoms with Gasteiger partial charge in [0.05, 0.1) is 0 Å². The minimum atomic E-state index is -8.31. The molecule has 19 heteroatoms. The van der Waals surface area contributed by atoms with Gasteiger partial charge in [0.2, 0.25) is 0 Å². The Morgan fingerprint density at radius 1 is 0.750 bits per heavy atom. The van der Waals surface area contributed by atoms with Gasteiger partial charge in [-0.25, -0.2) is 13.2 Å². The third-order valence-corrected chi connectivity index (χ3v) is 3.89. The van der Waals surface area contributed by atoms with Crippen molar-refractivity contribution >= 4 is 16.0 Å². The number of halogens is 13. The van der Waals surface area contributed by atoms with Gasteiger partial charge < -0.3 is 4.84 Å². The summed E-state index contributed by atoms with van der Waals surface area (Å²) in [5.41, 5.74) is 0. The molecule has 5 nitrogen and oxygen atoms in total. The van der Waals surface area contributed by atoms with E-state index in [0.29, 0.717) is 0 Å². The lowest BCUT2D eigenvalue weighted by atomic mass is 9.98. The Morgan fingerprint density at radius 2 is 1.11 bits per heavy atom. The summed E-state index contributed by atoms with van der Waals surface area (Å²) in [5, 5.41) is -7.50. The molecule has 0 aromatic rings. The highest BCUT2D eigenvalue weighted by atomic mass is 32.2. The van der Waals surface area contributed by atoms with Crippen LogP contribution in [0.25, 0.3) is 0 Å². The number of alkyl halides is 13. The van der Waals surface area contributed by atoms with Crippen LogP contribution in [0.3, 0.4) is 0 Å². The quantitative estimate of drug-likeness (QED) is 0.337. The number of carbonyl (C=O) groups is 1. The monoisotopic (exact) mass is 469 g/mol. The van der Waals surface area contributed by atoms with Gasteiger partial charge in [0.1, 0.15) is 0 Å². The van der Waals surface area contributed by atoms with E-state index in [0.717, 1.165) is 0 Å². The van der Waals surface area contributed by atoms with Crippen LogP contribution in [0.4, 0.5) is 57.1 Å². The fourth-order valence-corrected chi connectivity index (χ4v) is 1.88. The van der Waals surface area contributed by atoms with E-state index in [1.807, 2.05) is 0 Å². The minimum Gasteiger partial charge on any atom is -0.352 e. The Balaban J connectivity index is 6.39.